The molecule has 0 spiro atoms. The van der Waals surface area contributed by atoms with Crippen LogP contribution in [0.5, 0.6) is 11.5 Å². The molecule has 1 atom stereocenters. The van der Waals surface area contributed by atoms with Crippen molar-refractivity contribution >= 4 is 23.4 Å². The van der Waals surface area contributed by atoms with Gasteiger partial charge in [0.05, 0.1) is 30.8 Å². The van der Waals surface area contributed by atoms with Crippen molar-refractivity contribution in [2.45, 2.75) is 25.3 Å². The van der Waals surface area contributed by atoms with Crippen LogP contribution < -0.4 is 14.8 Å². The summed E-state index contributed by atoms with van der Waals surface area (Å²) in [6, 6.07) is 12.6. The minimum absolute atomic E-state index is 0.00146. The molecule has 0 radical (unpaired) electrons. The van der Waals surface area contributed by atoms with Crippen LogP contribution in [0.3, 0.4) is 0 Å². The fraction of sp³-hybridized carbons (Fsp3) is 0.364. The summed E-state index contributed by atoms with van der Waals surface area (Å²) in [5, 5.41) is 3.17. The highest BCUT2D eigenvalue weighted by molar-refractivity contribution is 6.33. The highest BCUT2D eigenvalue weighted by Crippen LogP contribution is 2.37. The van der Waals surface area contributed by atoms with Crippen LogP contribution in [0, 0.1) is 0 Å². The van der Waals surface area contributed by atoms with Crippen LogP contribution in [0.2, 0.25) is 5.02 Å². The minimum Gasteiger partial charge on any atom is -0.493 e. The van der Waals surface area contributed by atoms with Crippen molar-refractivity contribution in [1.82, 2.24) is 10.2 Å². The van der Waals surface area contributed by atoms with Gasteiger partial charge in [0.1, 0.15) is 0 Å². The molecule has 2 aromatic carbocycles. The van der Waals surface area contributed by atoms with E-state index < -0.39 is 0 Å². The van der Waals surface area contributed by atoms with Crippen LogP contribution in [-0.2, 0) is 4.79 Å². The van der Waals surface area contributed by atoms with E-state index in [-0.39, 0.29) is 30.8 Å². The van der Waals surface area contributed by atoms with Gasteiger partial charge in [0.2, 0.25) is 5.91 Å². The number of nitrogens with one attached hydrogen (secondary N) is 1. The summed E-state index contributed by atoms with van der Waals surface area (Å²) >= 11 is 6.04. The molecule has 1 saturated heterocycles. The van der Waals surface area contributed by atoms with Crippen LogP contribution in [0.1, 0.15) is 41.2 Å². The molecule has 2 aromatic rings. The van der Waals surface area contributed by atoms with Gasteiger partial charge in [-0.2, -0.15) is 0 Å². The second kappa shape index (κ2) is 9.65. The first kappa shape index (κ1) is 21.0. The number of carbonyl (C=O) groups is 2. The van der Waals surface area contributed by atoms with Gasteiger partial charge in [-0.25, -0.2) is 0 Å². The van der Waals surface area contributed by atoms with Gasteiger partial charge in [-0.15, -0.1) is 0 Å². The van der Waals surface area contributed by atoms with Gasteiger partial charge >= 0.3 is 0 Å². The van der Waals surface area contributed by atoms with Crippen molar-refractivity contribution in [2.75, 3.05) is 27.3 Å². The number of amides is 2. The summed E-state index contributed by atoms with van der Waals surface area (Å²) < 4.78 is 10.7. The van der Waals surface area contributed by atoms with Gasteiger partial charge in [0, 0.05) is 19.5 Å². The molecular weight excluding hydrogens is 392 g/mol. The van der Waals surface area contributed by atoms with Crippen LogP contribution >= 0.6 is 11.6 Å². The molecule has 3 rings (SSSR count). The van der Waals surface area contributed by atoms with Crippen LogP contribution in [0.15, 0.2) is 42.5 Å². The van der Waals surface area contributed by atoms with E-state index in [1.807, 2.05) is 23.1 Å². The van der Waals surface area contributed by atoms with Gasteiger partial charge in [0.25, 0.3) is 5.91 Å². The van der Waals surface area contributed by atoms with E-state index in [9.17, 15) is 9.59 Å². The number of hydrogen-bond acceptors (Lipinski definition) is 4. The van der Waals surface area contributed by atoms with Crippen LogP contribution in [0.4, 0.5) is 0 Å². The van der Waals surface area contributed by atoms with Crippen molar-refractivity contribution in [3.63, 3.8) is 0 Å². The zero-order valence-electron chi connectivity index (χ0n) is 16.6. The molecule has 0 saturated carbocycles. The Balaban J connectivity index is 1.60. The van der Waals surface area contributed by atoms with E-state index in [1.165, 1.54) is 0 Å². The van der Waals surface area contributed by atoms with Gasteiger partial charge < -0.3 is 19.7 Å². The Labute approximate surface area is 175 Å². The molecule has 1 aliphatic heterocycles. The summed E-state index contributed by atoms with van der Waals surface area (Å²) in [4.78, 5) is 26.9. The fourth-order valence-corrected chi connectivity index (χ4v) is 3.86. The molecule has 0 aromatic heterocycles. The van der Waals surface area contributed by atoms with Crippen LogP contribution in [-0.4, -0.2) is 44.0 Å². The number of halogens is 1. The second-order valence-electron chi connectivity index (χ2n) is 6.85. The predicted molar refractivity (Wildman–Crippen MR) is 112 cm³/mol. The second-order valence-corrected chi connectivity index (χ2v) is 7.25. The fourth-order valence-electron chi connectivity index (χ4n) is 3.64. The Bertz CT molecular complexity index is 887. The highest BCUT2D eigenvalue weighted by atomic mass is 35.5. The highest BCUT2D eigenvalue weighted by Gasteiger charge is 2.30. The van der Waals surface area contributed by atoms with Crippen molar-refractivity contribution < 1.29 is 19.1 Å². The third-order valence-electron chi connectivity index (χ3n) is 5.11. The lowest BCUT2D eigenvalue weighted by Gasteiger charge is -2.26. The summed E-state index contributed by atoms with van der Waals surface area (Å²) in [5.74, 6) is 1.05. The predicted octanol–water partition coefficient (Wildman–Crippen LogP) is 3.84. The molecule has 1 N–H and O–H groups in total. The first-order chi connectivity index (χ1) is 14.0. The van der Waals surface area contributed by atoms with Gasteiger partial charge in [-0.05, 0) is 42.7 Å². The lowest BCUT2D eigenvalue weighted by molar-refractivity contribution is -0.132. The Morgan fingerprint density at radius 1 is 1.14 bits per heavy atom. The van der Waals surface area contributed by atoms with Gasteiger partial charge in [-0.1, -0.05) is 29.8 Å². The number of benzene rings is 2. The molecule has 1 aliphatic rings. The summed E-state index contributed by atoms with van der Waals surface area (Å²) in [7, 11) is 3.20. The summed E-state index contributed by atoms with van der Waals surface area (Å²) in [6.45, 7) is 0.967. The topological polar surface area (TPSA) is 67.9 Å². The molecule has 29 heavy (non-hydrogen) atoms. The smallest absolute Gasteiger partial charge is 0.252 e. The quantitative estimate of drug-likeness (QED) is 0.744. The average Bonchev–Trinajstić information content (AvgIpc) is 3.23. The molecule has 1 fully saturated rings. The molecule has 0 aliphatic carbocycles. The summed E-state index contributed by atoms with van der Waals surface area (Å²) in [5.41, 5.74) is 1.43. The third kappa shape index (κ3) is 4.82. The minimum atomic E-state index is -0.277. The molecule has 6 nitrogen and oxygen atoms in total. The zero-order valence-corrected chi connectivity index (χ0v) is 17.4. The molecule has 7 heteroatoms. The van der Waals surface area contributed by atoms with Gasteiger partial charge in [0.15, 0.2) is 11.5 Å². The number of hydrogen-bond donors (Lipinski definition) is 1. The first-order valence-corrected chi connectivity index (χ1v) is 9.97. The van der Waals surface area contributed by atoms with E-state index in [1.54, 1.807) is 38.5 Å². The number of nitrogens with zero attached hydrogens (tertiary/aromatic N) is 1. The van der Waals surface area contributed by atoms with Crippen molar-refractivity contribution in [3.05, 3.63) is 58.6 Å². The molecule has 1 unspecified atom stereocenters. The number of methoxy groups -OCH3 is 2. The molecule has 154 valence electrons. The van der Waals surface area contributed by atoms with E-state index in [4.69, 9.17) is 21.1 Å². The number of rotatable bonds is 7. The maximum atomic E-state index is 12.8. The van der Waals surface area contributed by atoms with E-state index in [0.717, 1.165) is 18.4 Å². The molecule has 2 amide bonds. The standard InChI is InChI=1S/C22H25ClN2O4/c1-28-19-10-9-15(14-20(19)29-2)18-8-5-13-25(18)21(26)11-12-24-22(27)16-6-3-4-7-17(16)23/h3-4,6-7,9-10,14,18H,5,8,11-13H2,1-2H3,(H,24,27). The maximum Gasteiger partial charge on any atom is 0.252 e. The van der Waals surface area contributed by atoms with E-state index in [0.29, 0.717) is 28.6 Å². The van der Waals surface area contributed by atoms with Crippen molar-refractivity contribution in [3.8, 4) is 11.5 Å². The molecule has 1 heterocycles. The SMILES string of the molecule is COc1ccc(C2CCCN2C(=O)CCNC(=O)c2ccccc2Cl)cc1OC. The molecule has 0 bridgehead atoms. The van der Waals surface area contributed by atoms with Gasteiger partial charge in [-0.3, -0.25) is 9.59 Å². The third-order valence-corrected chi connectivity index (χ3v) is 5.44. The van der Waals surface area contributed by atoms with E-state index in [2.05, 4.69) is 5.32 Å². The van der Waals surface area contributed by atoms with E-state index >= 15 is 0 Å². The monoisotopic (exact) mass is 416 g/mol. The number of likely N-dealkylation sites (tertiary alicyclic amines) is 1. The van der Waals surface area contributed by atoms with Crippen molar-refractivity contribution in [2.24, 2.45) is 0 Å². The summed E-state index contributed by atoms with van der Waals surface area (Å²) in [6.07, 6.45) is 2.07. The molecular formula is C22H25ClN2O4. The zero-order chi connectivity index (χ0) is 20.8. The average molecular weight is 417 g/mol. The number of carbonyl (C=O) groups excluding carboxylic acids is 2. The Hall–Kier alpha value is -2.73. The first-order valence-electron chi connectivity index (χ1n) is 9.59. The maximum absolute atomic E-state index is 12.8. The Morgan fingerprint density at radius 2 is 1.90 bits per heavy atom. The van der Waals surface area contributed by atoms with Crippen LogP contribution in [0.25, 0.3) is 0 Å². The normalized spacial score (nSPS) is 15.8. The Kier molecular flexibility index (Phi) is 6.99. The van der Waals surface area contributed by atoms with Crippen molar-refractivity contribution in [1.29, 1.82) is 0 Å². The Morgan fingerprint density at radius 3 is 2.62 bits per heavy atom. The largest absolute Gasteiger partial charge is 0.493 e. The lowest BCUT2D eigenvalue weighted by atomic mass is 10.0. The number of ether oxygens (including phenoxy) is 2. The lowest BCUT2D eigenvalue weighted by Crippen LogP contribution is -2.34.